The molecule has 0 spiro atoms. The van der Waals surface area contributed by atoms with E-state index >= 15 is 0 Å². The van der Waals surface area contributed by atoms with Crippen LogP contribution in [0.25, 0.3) is 0 Å². The van der Waals surface area contributed by atoms with Gasteiger partial charge in [-0.25, -0.2) is 4.79 Å². The summed E-state index contributed by atoms with van der Waals surface area (Å²) >= 11 is 0. The predicted molar refractivity (Wildman–Crippen MR) is 50.2 cm³/mol. The lowest BCUT2D eigenvalue weighted by molar-refractivity contribution is -0.186. The molecule has 0 aliphatic rings. The molecule has 0 aliphatic carbocycles. The van der Waals surface area contributed by atoms with Crippen LogP contribution in [0.1, 0.15) is 5.56 Å². The zero-order valence-electron chi connectivity index (χ0n) is 7.87. The van der Waals surface area contributed by atoms with Crippen molar-refractivity contribution in [2.45, 2.75) is 12.5 Å². The molecule has 0 saturated carbocycles. The number of rotatable bonds is 4. The van der Waals surface area contributed by atoms with Crippen LogP contribution in [-0.4, -0.2) is 19.1 Å². The Hall–Kier alpha value is -1.42. The lowest BCUT2D eigenvalue weighted by Gasteiger charge is -2.10. The summed E-state index contributed by atoms with van der Waals surface area (Å²) in [5.41, 5.74) is 0.956. The Morgan fingerprint density at radius 3 is 2.64 bits per heavy atom. The molecule has 14 heavy (non-hydrogen) atoms. The smallest absolute Gasteiger partial charge is 0.307 e. The Labute approximate surface area is 81.8 Å². The highest BCUT2D eigenvalue weighted by Gasteiger charge is 2.18. The first-order chi connectivity index (χ1) is 6.77. The molecule has 0 amide bonds. The van der Waals surface area contributed by atoms with Crippen LogP contribution in [0, 0.1) is 0 Å². The number of likely N-dealkylation sites (N-methyl/N-ethyl adjacent to an activating group) is 1. The monoisotopic (exact) mass is 197 g/mol. The van der Waals surface area contributed by atoms with Crippen LogP contribution in [-0.2, 0) is 16.2 Å². The molecule has 1 rings (SSSR count). The van der Waals surface area contributed by atoms with Gasteiger partial charge >= 0.3 is 5.97 Å². The van der Waals surface area contributed by atoms with Crippen LogP contribution < -0.4 is 5.32 Å². The molecule has 0 saturated heterocycles. The van der Waals surface area contributed by atoms with Crippen molar-refractivity contribution < 1.29 is 14.3 Å². The zero-order valence-corrected chi connectivity index (χ0v) is 7.87. The van der Waals surface area contributed by atoms with Crippen molar-refractivity contribution in [2.75, 3.05) is 7.05 Å². The first kappa shape index (κ1) is 10.7. The molecular weight excluding hydrogens is 185 g/mol. The van der Waals surface area contributed by atoms with Crippen LogP contribution in [0.3, 0.4) is 0 Å². The molecule has 0 bridgehead atoms. The van der Waals surface area contributed by atoms with E-state index in [0.29, 0.717) is 6.42 Å². The van der Waals surface area contributed by atoms with Crippen molar-refractivity contribution in [1.29, 1.82) is 0 Å². The summed E-state index contributed by atoms with van der Waals surface area (Å²) in [6.07, 6.45) is 0.417. The fourth-order valence-electron chi connectivity index (χ4n) is 1.21. The molecular formula is C10H12FNO2. The molecule has 0 unspecified atom stereocenters. The molecule has 3 nitrogen and oxygen atoms in total. The van der Waals surface area contributed by atoms with Gasteiger partial charge in [-0.3, -0.25) is 4.94 Å². The molecule has 0 radical (unpaired) electrons. The fraction of sp³-hybridized carbons (Fsp3) is 0.300. The first-order valence-electron chi connectivity index (χ1n) is 4.31. The Kier molecular flexibility index (Phi) is 4.07. The number of benzene rings is 1. The molecule has 1 aromatic rings. The maximum absolute atomic E-state index is 11.6. The van der Waals surface area contributed by atoms with E-state index in [4.69, 9.17) is 0 Å². The van der Waals surface area contributed by atoms with Crippen molar-refractivity contribution >= 4 is 5.97 Å². The minimum Gasteiger partial charge on any atom is -0.307 e. The van der Waals surface area contributed by atoms with Gasteiger partial charge in [0.2, 0.25) is 0 Å². The van der Waals surface area contributed by atoms with Crippen LogP contribution in [0.15, 0.2) is 30.3 Å². The van der Waals surface area contributed by atoms with E-state index in [2.05, 4.69) is 10.3 Å². The van der Waals surface area contributed by atoms with Crippen molar-refractivity contribution in [3.05, 3.63) is 35.9 Å². The Morgan fingerprint density at radius 1 is 1.50 bits per heavy atom. The number of carbonyl (C=O) groups excluding carboxylic acids is 1. The highest BCUT2D eigenvalue weighted by atomic mass is 19.3. The normalized spacial score (nSPS) is 12.1. The summed E-state index contributed by atoms with van der Waals surface area (Å²) in [7, 11) is 1.59. The van der Waals surface area contributed by atoms with Gasteiger partial charge in [0.15, 0.2) is 0 Å². The Morgan fingerprint density at radius 2 is 2.14 bits per heavy atom. The van der Waals surface area contributed by atoms with E-state index in [1.807, 2.05) is 30.3 Å². The topological polar surface area (TPSA) is 38.3 Å². The summed E-state index contributed by atoms with van der Waals surface area (Å²) in [6.45, 7) is 0. The summed E-state index contributed by atoms with van der Waals surface area (Å²) < 4.78 is 11.6. The molecule has 0 aromatic heterocycles. The number of nitrogens with one attached hydrogen (secondary N) is 1. The Balaban J connectivity index is 2.62. The average Bonchev–Trinajstić information content (AvgIpc) is 2.26. The molecule has 1 atom stereocenters. The predicted octanol–water partition coefficient (Wildman–Crippen LogP) is 1.24. The molecule has 76 valence electrons. The molecule has 0 fully saturated rings. The summed E-state index contributed by atoms with van der Waals surface area (Å²) in [6, 6.07) is 8.71. The van der Waals surface area contributed by atoms with Gasteiger partial charge in [0.1, 0.15) is 6.04 Å². The summed E-state index contributed by atoms with van der Waals surface area (Å²) in [4.78, 5) is 14.1. The van der Waals surface area contributed by atoms with Gasteiger partial charge in [0, 0.05) is 4.53 Å². The second kappa shape index (κ2) is 5.34. The summed E-state index contributed by atoms with van der Waals surface area (Å²) in [5.74, 6) is -0.892. The number of carbonyl (C=O) groups is 1. The molecule has 4 heteroatoms. The highest BCUT2D eigenvalue weighted by Crippen LogP contribution is 2.04. The SMILES string of the molecule is CN[C@@H](Cc1ccccc1)C(=O)OF. The standard InChI is InChI=1S/C10H12FNO2/c1-12-9(10(13)14-11)7-8-5-3-2-4-6-8/h2-6,9,12H,7H2,1H3/t9-/m0/s1. The van der Waals surface area contributed by atoms with E-state index in [9.17, 15) is 9.32 Å². The second-order valence-electron chi connectivity index (χ2n) is 2.93. The van der Waals surface area contributed by atoms with E-state index in [1.165, 1.54) is 0 Å². The molecule has 1 N–H and O–H groups in total. The highest BCUT2D eigenvalue weighted by molar-refractivity contribution is 5.75. The van der Waals surface area contributed by atoms with Crippen molar-refractivity contribution in [3.63, 3.8) is 0 Å². The third kappa shape index (κ3) is 2.81. The van der Waals surface area contributed by atoms with Gasteiger partial charge in [-0.15, -0.1) is 0 Å². The van der Waals surface area contributed by atoms with Crippen LogP contribution in [0.5, 0.6) is 0 Å². The van der Waals surface area contributed by atoms with Crippen LogP contribution in [0.2, 0.25) is 0 Å². The minimum absolute atomic E-state index is 0.417. The van der Waals surface area contributed by atoms with Gasteiger partial charge in [0.05, 0.1) is 0 Å². The number of halogens is 1. The number of hydrogen-bond acceptors (Lipinski definition) is 3. The van der Waals surface area contributed by atoms with Gasteiger partial charge in [0.25, 0.3) is 0 Å². The van der Waals surface area contributed by atoms with Gasteiger partial charge < -0.3 is 5.32 Å². The van der Waals surface area contributed by atoms with Crippen LogP contribution in [0.4, 0.5) is 4.53 Å². The fourth-order valence-corrected chi connectivity index (χ4v) is 1.21. The van der Waals surface area contributed by atoms with Crippen molar-refractivity contribution in [1.82, 2.24) is 5.32 Å². The number of hydrogen-bond donors (Lipinski definition) is 1. The lowest BCUT2D eigenvalue weighted by Crippen LogP contribution is -2.36. The second-order valence-corrected chi connectivity index (χ2v) is 2.93. The van der Waals surface area contributed by atoms with Gasteiger partial charge in [-0.1, -0.05) is 30.3 Å². The largest absolute Gasteiger partial charge is 0.365 e. The zero-order chi connectivity index (χ0) is 10.4. The Bertz CT molecular complexity index is 289. The van der Waals surface area contributed by atoms with Crippen molar-refractivity contribution in [2.24, 2.45) is 0 Å². The maximum atomic E-state index is 11.6. The van der Waals surface area contributed by atoms with E-state index in [-0.39, 0.29) is 0 Å². The lowest BCUT2D eigenvalue weighted by atomic mass is 10.1. The molecule has 0 aliphatic heterocycles. The first-order valence-corrected chi connectivity index (χ1v) is 4.31. The van der Waals surface area contributed by atoms with E-state index in [0.717, 1.165) is 5.56 Å². The average molecular weight is 197 g/mol. The van der Waals surface area contributed by atoms with E-state index in [1.54, 1.807) is 7.05 Å². The quantitative estimate of drug-likeness (QED) is 0.789. The van der Waals surface area contributed by atoms with Gasteiger partial charge in [-0.05, 0) is 19.0 Å². The maximum Gasteiger partial charge on any atom is 0.365 e. The summed E-state index contributed by atoms with van der Waals surface area (Å²) in [5, 5.41) is 2.69. The van der Waals surface area contributed by atoms with Gasteiger partial charge in [-0.2, -0.15) is 0 Å². The van der Waals surface area contributed by atoms with Crippen molar-refractivity contribution in [3.8, 4) is 0 Å². The molecule has 1 aromatic carbocycles. The van der Waals surface area contributed by atoms with Crippen LogP contribution >= 0.6 is 0 Å². The third-order valence-electron chi connectivity index (χ3n) is 1.99. The third-order valence-corrected chi connectivity index (χ3v) is 1.99. The molecule has 0 heterocycles. The minimum atomic E-state index is -0.892. The van der Waals surface area contributed by atoms with E-state index < -0.39 is 12.0 Å².